The monoisotopic (exact) mass is 433 g/mol. The molecule has 30 heavy (non-hydrogen) atoms. The van der Waals surface area contributed by atoms with E-state index in [1.54, 1.807) is 30.3 Å². The Kier molecular flexibility index (Phi) is 7.28. The van der Waals surface area contributed by atoms with Gasteiger partial charge in [-0.1, -0.05) is 19.1 Å². The second kappa shape index (κ2) is 9.90. The fraction of sp³-hybridized carbons (Fsp3) is 0.429. The van der Waals surface area contributed by atoms with Crippen LogP contribution >= 0.6 is 0 Å². The van der Waals surface area contributed by atoms with Crippen LogP contribution in [0.25, 0.3) is 0 Å². The van der Waals surface area contributed by atoms with E-state index in [1.807, 2.05) is 13.0 Å². The minimum atomic E-state index is -3.30. The van der Waals surface area contributed by atoms with Crippen molar-refractivity contribution in [2.75, 3.05) is 24.2 Å². The summed E-state index contributed by atoms with van der Waals surface area (Å²) in [4.78, 5) is 24.7. The SMILES string of the molecule is CCCS(=O)(=O)N1CCCC(C(=O)NCc2cccc(NC(=O)c3ccco3)c2)C1. The van der Waals surface area contributed by atoms with Crippen LogP contribution in [0.3, 0.4) is 0 Å². The van der Waals surface area contributed by atoms with Crippen molar-refractivity contribution >= 4 is 27.5 Å². The summed E-state index contributed by atoms with van der Waals surface area (Å²) >= 11 is 0. The molecule has 8 nitrogen and oxygen atoms in total. The van der Waals surface area contributed by atoms with Crippen molar-refractivity contribution in [3.8, 4) is 0 Å². The van der Waals surface area contributed by atoms with E-state index in [9.17, 15) is 18.0 Å². The maximum absolute atomic E-state index is 12.6. The number of rotatable bonds is 8. The zero-order valence-electron chi connectivity index (χ0n) is 17.0. The largest absolute Gasteiger partial charge is 0.459 e. The van der Waals surface area contributed by atoms with Crippen molar-refractivity contribution in [3.05, 3.63) is 54.0 Å². The van der Waals surface area contributed by atoms with Crippen molar-refractivity contribution in [2.45, 2.75) is 32.7 Å². The zero-order chi connectivity index (χ0) is 21.6. The molecule has 162 valence electrons. The van der Waals surface area contributed by atoms with Crippen LogP contribution in [0.15, 0.2) is 47.1 Å². The van der Waals surface area contributed by atoms with Crippen LogP contribution in [0.2, 0.25) is 0 Å². The summed E-state index contributed by atoms with van der Waals surface area (Å²) in [7, 11) is -3.30. The molecule has 1 aliphatic heterocycles. The highest BCUT2D eigenvalue weighted by Crippen LogP contribution is 2.20. The van der Waals surface area contributed by atoms with E-state index >= 15 is 0 Å². The first-order chi connectivity index (χ1) is 14.4. The average molecular weight is 434 g/mol. The quantitative estimate of drug-likeness (QED) is 0.665. The fourth-order valence-electron chi connectivity index (χ4n) is 3.49. The summed E-state index contributed by atoms with van der Waals surface area (Å²) in [6.07, 6.45) is 3.34. The minimum Gasteiger partial charge on any atom is -0.459 e. The Morgan fingerprint density at radius 3 is 2.80 bits per heavy atom. The second-order valence-corrected chi connectivity index (χ2v) is 9.45. The molecule has 9 heteroatoms. The van der Waals surface area contributed by atoms with Crippen LogP contribution < -0.4 is 10.6 Å². The summed E-state index contributed by atoms with van der Waals surface area (Å²) in [5, 5.41) is 5.64. The van der Waals surface area contributed by atoms with Crippen LogP contribution in [0.5, 0.6) is 0 Å². The molecular formula is C21H27N3O5S. The van der Waals surface area contributed by atoms with Crippen LogP contribution in [-0.2, 0) is 21.4 Å². The number of nitrogens with one attached hydrogen (secondary N) is 2. The normalized spacial score (nSPS) is 17.4. The maximum atomic E-state index is 12.6. The highest BCUT2D eigenvalue weighted by molar-refractivity contribution is 7.89. The first-order valence-corrected chi connectivity index (χ1v) is 11.7. The van der Waals surface area contributed by atoms with Crippen LogP contribution in [-0.4, -0.2) is 43.4 Å². The Bertz CT molecular complexity index is 972. The molecule has 1 aromatic carbocycles. The number of carbonyl (C=O) groups is 2. The molecule has 0 radical (unpaired) electrons. The number of carbonyl (C=O) groups excluding carboxylic acids is 2. The van der Waals surface area contributed by atoms with Crippen molar-refractivity contribution in [2.24, 2.45) is 5.92 Å². The van der Waals surface area contributed by atoms with E-state index in [0.717, 1.165) is 5.56 Å². The molecule has 1 aliphatic rings. The van der Waals surface area contributed by atoms with Gasteiger partial charge in [-0.15, -0.1) is 0 Å². The van der Waals surface area contributed by atoms with Gasteiger partial charge in [0.25, 0.3) is 5.91 Å². The zero-order valence-corrected chi connectivity index (χ0v) is 17.8. The third-order valence-electron chi connectivity index (χ3n) is 5.01. The standard InChI is InChI=1S/C21H27N3O5S/c1-2-12-30(27,28)24-10-4-7-17(15-24)20(25)22-14-16-6-3-8-18(13-16)23-21(26)19-9-5-11-29-19/h3,5-6,8-9,11,13,17H,2,4,7,10,12,14-15H2,1H3,(H,22,25)(H,23,26). The number of amides is 2. The van der Waals surface area contributed by atoms with Crippen molar-refractivity contribution in [1.29, 1.82) is 0 Å². The van der Waals surface area contributed by atoms with Crippen LogP contribution in [0, 0.1) is 5.92 Å². The lowest BCUT2D eigenvalue weighted by Crippen LogP contribution is -2.45. The van der Waals surface area contributed by atoms with Gasteiger partial charge in [0.05, 0.1) is 17.9 Å². The Labute approximate surface area is 176 Å². The summed E-state index contributed by atoms with van der Waals surface area (Å²) in [5.74, 6) is -0.535. The van der Waals surface area contributed by atoms with Gasteiger partial charge in [-0.3, -0.25) is 9.59 Å². The molecule has 1 fully saturated rings. The molecule has 1 aromatic heterocycles. The van der Waals surface area contributed by atoms with Gasteiger partial charge in [0.15, 0.2) is 5.76 Å². The number of piperidine rings is 1. The van der Waals surface area contributed by atoms with Gasteiger partial charge < -0.3 is 15.1 Å². The van der Waals surface area contributed by atoms with Crippen molar-refractivity contribution in [1.82, 2.24) is 9.62 Å². The van der Waals surface area contributed by atoms with Gasteiger partial charge in [-0.25, -0.2) is 12.7 Å². The van der Waals surface area contributed by atoms with Gasteiger partial charge in [0.1, 0.15) is 0 Å². The maximum Gasteiger partial charge on any atom is 0.291 e. The summed E-state index contributed by atoms with van der Waals surface area (Å²) in [6, 6.07) is 10.4. The topological polar surface area (TPSA) is 109 Å². The van der Waals surface area contributed by atoms with Crippen molar-refractivity contribution < 1.29 is 22.4 Å². The molecule has 2 aromatic rings. The highest BCUT2D eigenvalue weighted by atomic mass is 32.2. The fourth-order valence-corrected chi connectivity index (χ4v) is 5.08. The van der Waals surface area contributed by atoms with E-state index in [-0.39, 0.29) is 35.8 Å². The lowest BCUT2D eigenvalue weighted by Gasteiger charge is -2.31. The number of nitrogens with zero attached hydrogens (tertiary/aromatic N) is 1. The summed E-state index contributed by atoms with van der Waals surface area (Å²) in [5.41, 5.74) is 1.42. The Morgan fingerprint density at radius 1 is 1.23 bits per heavy atom. The molecule has 2 N–H and O–H groups in total. The molecule has 1 saturated heterocycles. The first-order valence-electron chi connectivity index (χ1n) is 10.1. The van der Waals surface area contributed by atoms with Gasteiger partial charge >= 0.3 is 0 Å². The predicted molar refractivity (Wildman–Crippen MR) is 113 cm³/mol. The number of benzene rings is 1. The molecule has 1 atom stereocenters. The van der Waals surface area contributed by atoms with E-state index in [2.05, 4.69) is 10.6 Å². The number of hydrogen-bond acceptors (Lipinski definition) is 5. The molecule has 3 rings (SSSR count). The minimum absolute atomic E-state index is 0.109. The molecular weight excluding hydrogens is 406 g/mol. The Hall–Kier alpha value is -2.65. The van der Waals surface area contributed by atoms with E-state index < -0.39 is 10.0 Å². The number of hydrogen-bond donors (Lipinski definition) is 2. The van der Waals surface area contributed by atoms with E-state index in [0.29, 0.717) is 38.0 Å². The average Bonchev–Trinajstić information content (AvgIpc) is 3.27. The lowest BCUT2D eigenvalue weighted by atomic mass is 9.98. The number of furan rings is 1. The molecule has 0 spiro atoms. The van der Waals surface area contributed by atoms with Crippen LogP contribution in [0.1, 0.15) is 42.3 Å². The molecule has 1 unspecified atom stereocenters. The third kappa shape index (κ3) is 5.70. The van der Waals surface area contributed by atoms with Gasteiger partial charge in [0, 0.05) is 25.3 Å². The number of anilines is 1. The van der Waals surface area contributed by atoms with Crippen LogP contribution in [0.4, 0.5) is 5.69 Å². The number of sulfonamides is 1. The Morgan fingerprint density at radius 2 is 2.07 bits per heavy atom. The Balaban J connectivity index is 1.55. The smallest absolute Gasteiger partial charge is 0.291 e. The summed E-state index contributed by atoms with van der Waals surface area (Å²) in [6.45, 7) is 2.83. The molecule has 0 aliphatic carbocycles. The molecule has 0 bridgehead atoms. The molecule has 2 amide bonds. The van der Waals surface area contributed by atoms with E-state index in [1.165, 1.54) is 10.6 Å². The van der Waals surface area contributed by atoms with E-state index in [4.69, 9.17) is 4.42 Å². The summed E-state index contributed by atoms with van der Waals surface area (Å²) < 4.78 is 31.1. The second-order valence-electron chi connectivity index (χ2n) is 7.36. The van der Waals surface area contributed by atoms with Gasteiger partial charge in [-0.2, -0.15) is 0 Å². The first kappa shape index (κ1) is 22.0. The van der Waals surface area contributed by atoms with Crippen molar-refractivity contribution in [3.63, 3.8) is 0 Å². The molecule has 2 heterocycles. The highest BCUT2D eigenvalue weighted by Gasteiger charge is 2.31. The third-order valence-corrected chi connectivity index (χ3v) is 7.05. The lowest BCUT2D eigenvalue weighted by molar-refractivity contribution is -0.126. The predicted octanol–water partition coefficient (Wildman–Crippen LogP) is 2.60. The van der Waals surface area contributed by atoms with Gasteiger partial charge in [0.2, 0.25) is 15.9 Å². The van der Waals surface area contributed by atoms with Gasteiger partial charge in [-0.05, 0) is 49.1 Å². The molecule has 0 saturated carbocycles.